The number of ether oxygens (including phenoxy) is 2. The number of methoxy groups -OCH3 is 2. The van der Waals surface area contributed by atoms with Crippen LogP contribution in [0.4, 0.5) is 0 Å². The molecule has 0 heterocycles. The Hall–Kier alpha value is -1.75. The maximum atomic E-state index is 12.5. The minimum absolute atomic E-state index is 0.00726. The maximum absolute atomic E-state index is 12.5. The van der Waals surface area contributed by atoms with Crippen LogP contribution >= 0.6 is 0 Å². The lowest BCUT2D eigenvalue weighted by atomic mass is 10.0. The van der Waals surface area contributed by atoms with Crippen LogP contribution in [0, 0.1) is 5.92 Å². The lowest BCUT2D eigenvalue weighted by molar-refractivity contribution is -0.134. The third kappa shape index (κ3) is 3.29. The van der Waals surface area contributed by atoms with E-state index in [0.29, 0.717) is 18.0 Å². The van der Waals surface area contributed by atoms with Gasteiger partial charge in [0.1, 0.15) is 0 Å². The van der Waals surface area contributed by atoms with Crippen LogP contribution < -0.4 is 15.2 Å². The average Bonchev–Trinajstić information content (AvgIpc) is 2.92. The summed E-state index contributed by atoms with van der Waals surface area (Å²) in [7, 11) is 5.02. The van der Waals surface area contributed by atoms with Gasteiger partial charge in [0.25, 0.3) is 0 Å². The first kappa shape index (κ1) is 15.6. The van der Waals surface area contributed by atoms with Gasteiger partial charge in [-0.05, 0) is 18.9 Å². The van der Waals surface area contributed by atoms with Gasteiger partial charge in [-0.15, -0.1) is 0 Å². The Morgan fingerprint density at radius 1 is 1.33 bits per heavy atom. The SMILES string of the molecule is COc1cccc(CN(C)C(=O)C2CCCC2N)c1OC. The van der Waals surface area contributed by atoms with Crippen molar-refractivity contribution in [1.29, 1.82) is 0 Å². The smallest absolute Gasteiger partial charge is 0.227 e. The van der Waals surface area contributed by atoms with Gasteiger partial charge in [0.15, 0.2) is 11.5 Å². The number of benzene rings is 1. The molecule has 0 aliphatic heterocycles. The van der Waals surface area contributed by atoms with Gasteiger partial charge in [-0.1, -0.05) is 18.6 Å². The molecule has 1 saturated carbocycles. The van der Waals surface area contributed by atoms with E-state index in [1.54, 1.807) is 19.1 Å². The summed E-state index contributed by atoms with van der Waals surface area (Å²) in [5, 5.41) is 0. The number of carbonyl (C=O) groups excluding carboxylic acids is 1. The first-order valence-electron chi connectivity index (χ1n) is 7.29. The molecule has 5 nitrogen and oxygen atoms in total. The molecule has 0 radical (unpaired) electrons. The number of nitrogens with zero attached hydrogens (tertiary/aromatic N) is 1. The molecule has 1 aliphatic carbocycles. The lowest BCUT2D eigenvalue weighted by Crippen LogP contribution is -2.39. The molecule has 2 unspecified atom stereocenters. The number of hydrogen-bond donors (Lipinski definition) is 1. The molecule has 2 rings (SSSR count). The second kappa shape index (κ2) is 6.80. The predicted molar refractivity (Wildman–Crippen MR) is 81.3 cm³/mol. The van der Waals surface area contributed by atoms with Gasteiger partial charge < -0.3 is 20.1 Å². The molecule has 2 N–H and O–H groups in total. The number of para-hydroxylation sites is 1. The van der Waals surface area contributed by atoms with Gasteiger partial charge >= 0.3 is 0 Å². The van der Waals surface area contributed by atoms with Crippen molar-refractivity contribution in [3.05, 3.63) is 23.8 Å². The normalized spacial score (nSPS) is 21.1. The highest BCUT2D eigenvalue weighted by atomic mass is 16.5. The molecule has 2 atom stereocenters. The summed E-state index contributed by atoms with van der Waals surface area (Å²) < 4.78 is 10.7. The predicted octanol–water partition coefficient (Wildman–Crippen LogP) is 1.79. The first-order valence-corrected chi connectivity index (χ1v) is 7.29. The third-order valence-electron chi connectivity index (χ3n) is 4.15. The number of carbonyl (C=O) groups is 1. The number of rotatable bonds is 5. The summed E-state index contributed by atoms with van der Waals surface area (Å²) in [6.07, 6.45) is 2.86. The van der Waals surface area contributed by atoms with Crippen molar-refractivity contribution in [2.75, 3.05) is 21.3 Å². The van der Waals surface area contributed by atoms with Crippen molar-refractivity contribution in [2.45, 2.75) is 31.8 Å². The van der Waals surface area contributed by atoms with Crippen molar-refractivity contribution < 1.29 is 14.3 Å². The zero-order valence-corrected chi connectivity index (χ0v) is 13.0. The van der Waals surface area contributed by atoms with Gasteiger partial charge in [-0.2, -0.15) is 0 Å². The number of amides is 1. The van der Waals surface area contributed by atoms with Crippen LogP contribution in [0.25, 0.3) is 0 Å². The second-order valence-electron chi connectivity index (χ2n) is 5.55. The molecule has 0 bridgehead atoms. The standard InChI is InChI=1S/C16H24N2O3/c1-18(16(19)12-7-5-8-13(12)17)10-11-6-4-9-14(20-2)15(11)21-3/h4,6,9,12-13H,5,7-8,10,17H2,1-3H3. The van der Waals surface area contributed by atoms with Crippen molar-refractivity contribution in [1.82, 2.24) is 4.90 Å². The van der Waals surface area contributed by atoms with Crippen molar-refractivity contribution in [3.8, 4) is 11.5 Å². The fourth-order valence-corrected chi connectivity index (χ4v) is 2.99. The van der Waals surface area contributed by atoms with Crippen molar-refractivity contribution in [3.63, 3.8) is 0 Å². The van der Waals surface area contributed by atoms with Crippen LogP contribution in [0.2, 0.25) is 0 Å². The van der Waals surface area contributed by atoms with E-state index in [4.69, 9.17) is 15.2 Å². The summed E-state index contributed by atoms with van der Waals surface area (Å²) >= 11 is 0. The molecule has 1 aromatic rings. The fourth-order valence-electron chi connectivity index (χ4n) is 2.99. The summed E-state index contributed by atoms with van der Waals surface area (Å²) in [5.74, 6) is 1.42. The molecule has 1 fully saturated rings. The largest absolute Gasteiger partial charge is 0.493 e. The van der Waals surface area contributed by atoms with Crippen LogP contribution in [0.1, 0.15) is 24.8 Å². The van der Waals surface area contributed by atoms with E-state index in [-0.39, 0.29) is 17.9 Å². The average molecular weight is 292 g/mol. The number of nitrogens with two attached hydrogens (primary N) is 1. The van der Waals surface area contributed by atoms with E-state index < -0.39 is 0 Å². The Morgan fingerprint density at radius 2 is 2.10 bits per heavy atom. The minimum atomic E-state index is -0.0494. The van der Waals surface area contributed by atoms with Crippen LogP contribution in [-0.4, -0.2) is 38.1 Å². The summed E-state index contributed by atoms with van der Waals surface area (Å²) in [6, 6.07) is 5.68. The summed E-state index contributed by atoms with van der Waals surface area (Å²) in [5.41, 5.74) is 6.95. The van der Waals surface area contributed by atoms with Gasteiger partial charge in [0.2, 0.25) is 5.91 Å². The molecule has 1 amide bonds. The van der Waals surface area contributed by atoms with Crippen molar-refractivity contribution >= 4 is 5.91 Å². The monoisotopic (exact) mass is 292 g/mol. The highest BCUT2D eigenvalue weighted by Crippen LogP contribution is 2.32. The second-order valence-corrected chi connectivity index (χ2v) is 5.55. The highest BCUT2D eigenvalue weighted by molar-refractivity contribution is 5.79. The summed E-state index contributed by atoms with van der Waals surface area (Å²) in [4.78, 5) is 14.2. The molecule has 5 heteroatoms. The molecular formula is C16H24N2O3. The van der Waals surface area contributed by atoms with E-state index >= 15 is 0 Å². The van der Waals surface area contributed by atoms with Gasteiger partial charge in [0.05, 0.1) is 20.1 Å². The van der Waals surface area contributed by atoms with Crippen LogP contribution in [0.5, 0.6) is 11.5 Å². The maximum Gasteiger partial charge on any atom is 0.227 e. The molecule has 0 saturated heterocycles. The Kier molecular flexibility index (Phi) is 5.07. The zero-order chi connectivity index (χ0) is 15.4. The summed E-state index contributed by atoms with van der Waals surface area (Å²) in [6.45, 7) is 0.489. The first-order chi connectivity index (χ1) is 10.1. The molecule has 116 valence electrons. The van der Waals surface area contributed by atoms with E-state index in [9.17, 15) is 4.79 Å². The van der Waals surface area contributed by atoms with Gasteiger partial charge in [0, 0.05) is 25.2 Å². The quantitative estimate of drug-likeness (QED) is 0.898. The Bertz CT molecular complexity index is 504. The Morgan fingerprint density at radius 3 is 2.67 bits per heavy atom. The van der Waals surface area contributed by atoms with E-state index in [1.165, 1.54) is 0 Å². The molecule has 1 aromatic carbocycles. The van der Waals surface area contributed by atoms with Crippen LogP contribution in [-0.2, 0) is 11.3 Å². The van der Waals surface area contributed by atoms with E-state index in [1.807, 2.05) is 25.2 Å². The minimum Gasteiger partial charge on any atom is -0.493 e. The molecular weight excluding hydrogens is 268 g/mol. The van der Waals surface area contributed by atoms with Gasteiger partial charge in [-0.25, -0.2) is 0 Å². The molecule has 0 spiro atoms. The Labute approximate surface area is 126 Å². The third-order valence-corrected chi connectivity index (χ3v) is 4.15. The highest BCUT2D eigenvalue weighted by Gasteiger charge is 2.32. The molecule has 1 aliphatic rings. The van der Waals surface area contributed by atoms with Gasteiger partial charge in [-0.3, -0.25) is 4.79 Å². The van der Waals surface area contributed by atoms with Crippen molar-refractivity contribution in [2.24, 2.45) is 11.7 Å². The fraction of sp³-hybridized carbons (Fsp3) is 0.562. The molecule has 0 aromatic heterocycles. The van der Waals surface area contributed by atoms with E-state index in [2.05, 4.69) is 0 Å². The number of hydrogen-bond acceptors (Lipinski definition) is 4. The molecule has 21 heavy (non-hydrogen) atoms. The topological polar surface area (TPSA) is 64.8 Å². The van der Waals surface area contributed by atoms with Crippen LogP contribution in [0.15, 0.2) is 18.2 Å². The van der Waals surface area contributed by atoms with E-state index in [0.717, 1.165) is 24.8 Å². The zero-order valence-electron chi connectivity index (χ0n) is 13.0. The lowest BCUT2D eigenvalue weighted by Gasteiger charge is -2.24. The Balaban J connectivity index is 2.12. The van der Waals surface area contributed by atoms with Crippen LogP contribution in [0.3, 0.4) is 0 Å².